The smallest absolute Gasteiger partial charge is 0.389 e. The third-order valence-corrected chi connectivity index (χ3v) is 7.28. The standard InChI is InChI=1S/C27H24FN9O2/c1-3-37-26(38)39-25(35-37)27(15-11-31-36(2)14-15)23-18(17-6-4-5-7-19(17)32-23)10-21(34-27)24-30-13-22(33-24)20-9-8-16(28)12-29-20/h4-9,11-14,21,32,34H,3,10H2,1-2H3,(H,30,33). The summed E-state index contributed by atoms with van der Waals surface area (Å²) < 4.78 is 22.3. The third kappa shape index (κ3) is 3.56. The van der Waals surface area contributed by atoms with Gasteiger partial charge in [-0.1, -0.05) is 18.2 Å². The third-order valence-electron chi connectivity index (χ3n) is 7.28. The molecule has 0 fully saturated rings. The van der Waals surface area contributed by atoms with Gasteiger partial charge in [-0.2, -0.15) is 9.78 Å². The lowest BCUT2D eigenvalue weighted by Gasteiger charge is -2.38. The van der Waals surface area contributed by atoms with Crippen molar-refractivity contribution >= 4 is 10.9 Å². The number of nitrogens with zero attached hydrogens (tertiary/aromatic N) is 6. The summed E-state index contributed by atoms with van der Waals surface area (Å²) in [6.45, 7) is 2.20. The van der Waals surface area contributed by atoms with Crippen LogP contribution in [0.3, 0.4) is 0 Å². The molecular formula is C27H24FN9O2. The van der Waals surface area contributed by atoms with Crippen molar-refractivity contribution in [2.45, 2.75) is 31.5 Å². The highest BCUT2D eigenvalue weighted by atomic mass is 19.1. The molecule has 11 nitrogen and oxygen atoms in total. The van der Waals surface area contributed by atoms with Gasteiger partial charge in [-0.25, -0.2) is 14.2 Å². The molecule has 6 aromatic rings. The number of benzene rings is 1. The summed E-state index contributed by atoms with van der Waals surface area (Å²) in [6.07, 6.45) is 7.06. The van der Waals surface area contributed by atoms with Gasteiger partial charge in [0.15, 0.2) is 5.54 Å². The van der Waals surface area contributed by atoms with E-state index in [0.717, 1.165) is 27.7 Å². The van der Waals surface area contributed by atoms with Crippen molar-refractivity contribution in [3.8, 4) is 11.4 Å². The van der Waals surface area contributed by atoms with E-state index in [1.807, 2.05) is 38.4 Å². The number of hydrogen-bond acceptors (Lipinski definition) is 7. The van der Waals surface area contributed by atoms with E-state index >= 15 is 0 Å². The van der Waals surface area contributed by atoms with Crippen molar-refractivity contribution in [3.63, 3.8) is 0 Å². The van der Waals surface area contributed by atoms with Crippen LogP contribution in [0.2, 0.25) is 0 Å². The summed E-state index contributed by atoms with van der Waals surface area (Å²) in [7, 11) is 1.83. The van der Waals surface area contributed by atoms with Gasteiger partial charge in [0.2, 0.25) is 5.89 Å². The summed E-state index contributed by atoms with van der Waals surface area (Å²) in [4.78, 5) is 28.5. The van der Waals surface area contributed by atoms with Crippen LogP contribution in [0.5, 0.6) is 0 Å². The number of fused-ring (bicyclic) bond motifs is 3. The number of aryl methyl sites for hydroxylation is 2. The van der Waals surface area contributed by atoms with Crippen molar-refractivity contribution in [1.82, 2.24) is 44.8 Å². The molecule has 1 aromatic carbocycles. The van der Waals surface area contributed by atoms with E-state index in [2.05, 4.69) is 41.5 Å². The fourth-order valence-electron chi connectivity index (χ4n) is 5.46. The number of rotatable bonds is 5. The minimum Gasteiger partial charge on any atom is -0.389 e. The first-order valence-electron chi connectivity index (χ1n) is 12.6. The van der Waals surface area contributed by atoms with E-state index in [4.69, 9.17) is 4.42 Å². The molecule has 0 saturated heterocycles. The second-order valence-corrected chi connectivity index (χ2v) is 9.61. The molecule has 5 aromatic heterocycles. The van der Waals surface area contributed by atoms with Gasteiger partial charge in [0.25, 0.3) is 0 Å². The van der Waals surface area contributed by atoms with Crippen molar-refractivity contribution in [2.24, 2.45) is 7.05 Å². The van der Waals surface area contributed by atoms with E-state index in [-0.39, 0.29) is 11.9 Å². The zero-order valence-corrected chi connectivity index (χ0v) is 21.1. The zero-order valence-electron chi connectivity index (χ0n) is 21.1. The van der Waals surface area contributed by atoms with Gasteiger partial charge in [-0.15, -0.1) is 5.10 Å². The molecule has 39 heavy (non-hydrogen) atoms. The lowest BCUT2D eigenvalue weighted by Crippen LogP contribution is -2.51. The number of nitrogens with one attached hydrogen (secondary N) is 3. The normalized spacial score (nSPS) is 19.0. The highest BCUT2D eigenvalue weighted by Gasteiger charge is 2.51. The van der Waals surface area contributed by atoms with Gasteiger partial charge < -0.3 is 14.4 Å². The Hall–Kier alpha value is -4.84. The molecule has 2 atom stereocenters. The fraction of sp³-hybridized carbons (Fsp3) is 0.222. The number of H-pyrrole nitrogens is 2. The molecule has 0 radical (unpaired) electrons. The second kappa shape index (κ2) is 8.60. The van der Waals surface area contributed by atoms with Crippen molar-refractivity contribution in [2.75, 3.05) is 0 Å². The topological polar surface area (TPSA) is 135 Å². The predicted molar refractivity (Wildman–Crippen MR) is 139 cm³/mol. The van der Waals surface area contributed by atoms with E-state index in [1.165, 1.54) is 16.9 Å². The maximum atomic E-state index is 13.5. The number of hydrogen-bond donors (Lipinski definition) is 3. The zero-order chi connectivity index (χ0) is 26.7. The average molecular weight is 526 g/mol. The molecule has 0 amide bonds. The highest BCUT2D eigenvalue weighted by molar-refractivity contribution is 5.86. The van der Waals surface area contributed by atoms with E-state index in [9.17, 15) is 9.18 Å². The van der Waals surface area contributed by atoms with Crippen LogP contribution in [0.25, 0.3) is 22.3 Å². The van der Waals surface area contributed by atoms with Gasteiger partial charge in [0.1, 0.15) is 11.6 Å². The van der Waals surface area contributed by atoms with Crippen LogP contribution < -0.4 is 11.1 Å². The van der Waals surface area contributed by atoms with Crippen LogP contribution in [-0.2, 0) is 25.6 Å². The maximum Gasteiger partial charge on any atom is 0.437 e. The van der Waals surface area contributed by atoms with Gasteiger partial charge >= 0.3 is 5.76 Å². The first-order chi connectivity index (χ1) is 19.0. The van der Waals surface area contributed by atoms with Crippen molar-refractivity contribution < 1.29 is 8.81 Å². The molecule has 6 heterocycles. The van der Waals surface area contributed by atoms with Crippen molar-refractivity contribution in [1.29, 1.82) is 0 Å². The quantitative estimate of drug-likeness (QED) is 0.315. The van der Waals surface area contributed by atoms with E-state index in [1.54, 1.807) is 23.1 Å². The molecule has 0 aliphatic carbocycles. The SMILES string of the molecule is CCn1nc(C2(c3cnn(C)c3)NC(c3ncc(-c4ccc(F)cn4)[nH]3)Cc3c2[nH]c2ccccc32)oc1=O. The lowest BCUT2D eigenvalue weighted by molar-refractivity contribution is 0.284. The second-order valence-electron chi connectivity index (χ2n) is 9.61. The number of aromatic amines is 2. The first kappa shape index (κ1) is 23.3. The Labute approximate surface area is 220 Å². The maximum absolute atomic E-state index is 13.5. The number of pyridine rings is 1. The summed E-state index contributed by atoms with van der Waals surface area (Å²) in [5.74, 6) is -0.0991. The Bertz CT molecular complexity index is 1880. The Morgan fingerprint density at radius 1 is 1.13 bits per heavy atom. The van der Waals surface area contributed by atoms with Gasteiger partial charge in [0, 0.05) is 36.3 Å². The van der Waals surface area contributed by atoms with E-state index < -0.39 is 17.1 Å². The molecule has 0 spiro atoms. The molecule has 1 aliphatic rings. The van der Waals surface area contributed by atoms with Crippen LogP contribution in [0.1, 0.15) is 41.5 Å². The summed E-state index contributed by atoms with van der Waals surface area (Å²) in [5, 5.41) is 13.8. The van der Waals surface area contributed by atoms with Crippen molar-refractivity contribution in [3.05, 3.63) is 106 Å². The van der Waals surface area contributed by atoms with Crippen LogP contribution in [-0.4, -0.2) is 39.5 Å². The van der Waals surface area contributed by atoms with Gasteiger partial charge in [0.05, 0.1) is 41.7 Å². The monoisotopic (exact) mass is 525 g/mol. The Morgan fingerprint density at radius 3 is 2.74 bits per heavy atom. The number of imidazole rings is 1. The molecule has 196 valence electrons. The van der Waals surface area contributed by atoms with Crippen LogP contribution >= 0.6 is 0 Å². The summed E-state index contributed by atoms with van der Waals surface area (Å²) >= 11 is 0. The van der Waals surface area contributed by atoms with Crippen LogP contribution in [0.4, 0.5) is 4.39 Å². The molecule has 3 N–H and O–H groups in total. The van der Waals surface area contributed by atoms with Crippen LogP contribution in [0.15, 0.2) is 70.4 Å². The summed E-state index contributed by atoms with van der Waals surface area (Å²) in [5.41, 5.74) is 3.63. The lowest BCUT2D eigenvalue weighted by atomic mass is 9.79. The minimum absolute atomic E-state index is 0.201. The Balaban J connectivity index is 1.46. The minimum atomic E-state index is -1.17. The van der Waals surface area contributed by atoms with E-state index in [0.29, 0.717) is 30.2 Å². The van der Waals surface area contributed by atoms with Gasteiger partial charge in [-0.05, 0) is 37.1 Å². The first-order valence-corrected chi connectivity index (χ1v) is 12.6. The highest BCUT2D eigenvalue weighted by Crippen LogP contribution is 2.45. The largest absolute Gasteiger partial charge is 0.437 e. The molecule has 0 saturated carbocycles. The summed E-state index contributed by atoms with van der Waals surface area (Å²) in [6, 6.07) is 10.7. The molecule has 7 rings (SSSR count). The Kier molecular flexibility index (Phi) is 5.13. The fourth-order valence-corrected chi connectivity index (χ4v) is 5.46. The number of halogens is 1. The average Bonchev–Trinajstić information content (AvgIpc) is 3.74. The van der Waals surface area contributed by atoms with Crippen LogP contribution in [0, 0.1) is 5.82 Å². The predicted octanol–water partition coefficient (Wildman–Crippen LogP) is 3.17. The molecule has 0 bridgehead atoms. The Morgan fingerprint density at radius 2 is 2.00 bits per heavy atom. The molecule has 1 aliphatic heterocycles. The number of aromatic nitrogens is 8. The molecule has 12 heteroatoms. The molecule has 2 unspecified atom stereocenters. The number of para-hydroxylation sites is 1. The molecular weight excluding hydrogens is 501 g/mol. The van der Waals surface area contributed by atoms with Gasteiger partial charge in [-0.3, -0.25) is 15.0 Å².